The van der Waals surface area contributed by atoms with Crippen LogP contribution in [0.1, 0.15) is 5.82 Å². The zero-order valence-corrected chi connectivity index (χ0v) is 8.86. The number of aromatic amines is 2. The summed E-state index contributed by atoms with van der Waals surface area (Å²) in [6.45, 7) is 0.598. The number of nitrogens with zero attached hydrogens (tertiary/aromatic N) is 1. The number of H-pyrrole nitrogens is 2. The van der Waals surface area contributed by atoms with Crippen molar-refractivity contribution in [2.45, 2.75) is 6.54 Å². The van der Waals surface area contributed by atoms with Crippen LogP contribution in [0.25, 0.3) is 11.1 Å². The number of nitrogens with one attached hydrogen (secondary N) is 3. The van der Waals surface area contributed by atoms with E-state index in [1.165, 1.54) is 0 Å². The van der Waals surface area contributed by atoms with E-state index < -0.39 is 5.76 Å². The number of fused-ring (bicyclic) bond motifs is 1. The average molecular weight is 230 g/mol. The molecule has 3 N–H and O–H groups in total. The van der Waals surface area contributed by atoms with Gasteiger partial charge < -0.3 is 14.7 Å². The molecule has 0 saturated heterocycles. The van der Waals surface area contributed by atoms with Gasteiger partial charge in [-0.3, -0.25) is 4.98 Å². The molecule has 0 aliphatic rings. The van der Waals surface area contributed by atoms with Crippen LogP contribution in [-0.4, -0.2) is 15.0 Å². The van der Waals surface area contributed by atoms with Gasteiger partial charge in [-0.25, -0.2) is 9.78 Å². The molecule has 6 nitrogen and oxygen atoms in total. The van der Waals surface area contributed by atoms with Crippen molar-refractivity contribution in [2.75, 3.05) is 5.32 Å². The highest BCUT2D eigenvalue weighted by Gasteiger charge is 2.02. The number of benzene rings is 1. The van der Waals surface area contributed by atoms with Gasteiger partial charge in [0.2, 0.25) is 0 Å². The van der Waals surface area contributed by atoms with Crippen molar-refractivity contribution >= 4 is 16.8 Å². The fraction of sp³-hybridized carbons (Fsp3) is 0.0909. The number of hydrogen-bond donors (Lipinski definition) is 3. The van der Waals surface area contributed by atoms with Gasteiger partial charge in [0.05, 0.1) is 12.1 Å². The van der Waals surface area contributed by atoms with Crippen molar-refractivity contribution in [3.05, 3.63) is 47.0 Å². The van der Waals surface area contributed by atoms with Crippen LogP contribution in [0.4, 0.5) is 5.69 Å². The van der Waals surface area contributed by atoms with Crippen LogP contribution < -0.4 is 11.1 Å². The SMILES string of the molecule is O=c1[nH]c2cc(NCc3ncc[nH]3)ccc2o1. The van der Waals surface area contributed by atoms with Crippen LogP contribution in [0, 0.1) is 0 Å². The first-order valence-electron chi connectivity index (χ1n) is 5.16. The molecule has 0 spiro atoms. The first kappa shape index (κ1) is 9.71. The van der Waals surface area contributed by atoms with Gasteiger partial charge in [-0.15, -0.1) is 0 Å². The Labute approximate surface area is 95.7 Å². The van der Waals surface area contributed by atoms with Gasteiger partial charge in [0, 0.05) is 18.1 Å². The number of anilines is 1. The van der Waals surface area contributed by atoms with Gasteiger partial charge >= 0.3 is 5.76 Å². The summed E-state index contributed by atoms with van der Waals surface area (Å²) < 4.78 is 4.92. The summed E-state index contributed by atoms with van der Waals surface area (Å²) in [6, 6.07) is 5.42. The Kier molecular flexibility index (Phi) is 2.18. The molecule has 2 aromatic heterocycles. The van der Waals surface area contributed by atoms with Crippen molar-refractivity contribution < 1.29 is 4.42 Å². The van der Waals surface area contributed by atoms with Crippen LogP contribution >= 0.6 is 0 Å². The maximum Gasteiger partial charge on any atom is 0.417 e. The second-order valence-corrected chi connectivity index (χ2v) is 3.61. The Morgan fingerprint density at radius 2 is 2.35 bits per heavy atom. The van der Waals surface area contributed by atoms with E-state index in [-0.39, 0.29) is 0 Å². The highest BCUT2D eigenvalue weighted by atomic mass is 16.4. The molecule has 0 fully saturated rings. The third-order valence-electron chi connectivity index (χ3n) is 2.43. The third-order valence-corrected chi connectivity index (χ3v) is 2.43. The predicted octanol–water partition coefficient (Wildman–Crippen LogP) is 1.46. The topological polar surface area (TPSA) is 86.7 Å². The quantitative estimate of drug-likeness (QED) is 0.635. The van der Waals surface area contributed by atoms with E-state index in [9.17, 15) is 4.79 Å². The molecular weight excluding hydrogens is 220 g/mol. The molecule has 1 aromatic carbocycles. The van der Waals surface area contributed by atoms with Crippen LogP contribution in [0.3, 0.4) is 0 Å². The molecule has 0 saturated carbocycles. The van der Waals surface area contributed by atoms with Crippen LogP contribution in [0.5, 0.6) is 0 Å². The summed E-state index contributed by atoms with van der Waals surface area (Å²) in [5.74, 6) is 0.411. The van der Waals surface area contributed by atoms with Gasteiger partial charge in [0.1, 0.15) is 5.82 Å². The molecular formula is C11H10N4O2. The van der Waals surface area contributed by atoms with E-state index in [1.807, 2.05) is 12.1 Å². The number of aromatic nitrogens is 3. The average Bonchev–Trinajstić information content (AvgIpc) is 2.92. The van der Waals surface area contributed by atoms with Crippen molar-refractivity contribution in [1.29, 1.82) is 0 Å². The highest BCUT2D eigenvalue weighted by molar-refractivity contribution is 5.76. The van der Waals surface area contributed by atoms with E-state index >= 15 is 0 Å². The molecule has 2 heterocycles. The molecule has 0 aliphatic heterocycles. The summed E-state index contributed by atoms with van der Waals surface area (Å²) in [6.07, 6.45) is 3.47. The molecule has 6 heteroatoms. The Morgan fingerprint density at radius 3 is 3.18 bits per heavy atom. The third kappa shape index (κ3) is 1.92. The van der Waals surface area contributed by atoms with Gasteiger partial charge in [0.25, 0.3) is 0 Å². The Morgan fingerprint density at radius 1 is 1.41 bits per heavy atom. The molecule has 0 aliphatic carbocycles. The van der Waals surface area contributed by atoms with Gasteiger partial charge in [-0.05, 0) is 18.2 Å². The van der Waals surface area contributed by atoms with Gasteiger partial charge in [-0.1, -0.05) is 0 Å². The standard InChI is InChI=1S/C11H10N4O2/c16-11-15-8-5-7(1-2-9(8)17-11)14-6-10-12-3-4-13-10/h1-5,14H,6H2,(H,12,13)(H,15,16). The largest absolute Gasteiger partial charge is 0.417 e. The lowest BCUT2D eigenvalue weighted by molar-refractivity contribution is 0.555. The van der Waals surface area contributed by atoms with E-state index in [1.54, 1.807) is 18.5 Å². The first-order chi connectivity index (χ1) is 8.31. The fourth-order valence-corrected chi connectivity index (χ4v) is 1.64. The van der Waals surface area contributed by atoms with E-state index in [0.29, 0.717) is 17.6 Å². The second-order valence-electron chi connectivity index (χ2n) is 3.61. The van der Waals surface area contributed by atoms with E-state index in [0.717, 1.165) is 11.5 Å². The van der Waals surface area contributed by atoms with Crippen LogP contribution in [0.2, 0.25) is 0 Å². The highest BCUT2D eigenvalue weighted by Crippen LogP contribution is 2.16. The molecule has 86 valence electrons. The first-order valence-corrected chi connectivity index (χ1v) is 5.16. The fourth-order valence-electron chi connectivity index (χ4n) is 1.64. The summed E-state index contributed by atoms with van der Waals surface area (Å²) >= 11 is 0. The van der Waals surface area contributed by atoms with Crippen LogP contribution in [-0.2, 0) is 6.54 Å². The lowest BCUT2D eigenvalue weighted by Gasteiger charge is -2.03. The summed E-state index contributed by atoms with van der Waals surface area (Å²) in [5, 5.41) is 3.19. The minimum Gasteiger partial charge on any atom is -0.408 e. The molecule has 0 radical (unpaired) electrons. The number of oxazole rings is 1. The monoisotopic (exact) mass is 230 g/mol. The lowest BCUT2D eigenvalue weighted by atomic mass is 10.3. The van der Waals surface area contributed by atoms with E-state index in [2.05, 4.69) is 20.3 Å². The van der Waals surface area contributed by atoms with E-state index in [4.69, 9.17) is 4.42 Å². The number of hydrogen-bond acceptors (Lipinski definition) is 4. The summed E-state index contributed by atoms with van der Waals surface area (Å²) in [4.78, 5) is 20.7. The second kappa shape index (κ2) is 3.82. The van der Waals surface area contributed by atoms with Crippen LogP contribution in [0.15, 0.2) is 39.8 Å². The molecule has 0 bridgehead atoms. The maximum atomic E-state index is 11.0. The number of imidazole rings is 1. The molecule has 3 aromatic rings. The van der Waals surface area contributed by atoms with Crippen molar-refractivity contribution in [1.82, 2.24) is 15.0 Å². The summed E-state index contributed by atoms with van der Waals surface area (Å²) in [5.41, 5.74) is 2.13. The normalized spacial score (nSPS) is 10.8. The Balaban J connectivity index is 1.83. The van der Waals surface area contributed by atoms with Gasteiger partial charge in [-0.2, -0.15) is 0 Å². The molecule has 17 heavy (non-hydrogen) atoms. The maximum absolute atomic E-state index is 11.0. The predicted molar refractivity (Wildman–Crippen MR) is 62.7 cm³/mol. The number of rotatable bonds is 3. The summed E-state index contributed by atoms with van der Waals surface area (Å²) in [7, 11) is 0. The Bertz CT molecular complexity index is 681. The van der Waals surface area contributed by atoms with Crippen molar-refractivity contribution in [3.8, 4) is 0 Å². The zero-order valence-electron chi connectivity index (χ0n) is 8.86. The molecule has 0 amide bonds. The molecule has 0 atom stereocenters. The Hall–Kier alpha value is -2.50. The smallest absolute Gasteiger partial charge is 0.408 e. The molecule has 0 unspecified atom stereocenters. The van der Waals surface area contributed by atoms with Gasteiger partial charge in [0.15, 0.2) is 5.58 Å². The van der Waals surface area contributed by atoms with Crippen molar-refractivity contribution in [2.24, 2.45) is 0 Å². The minimum absolute atomic E-state index is 0.441. The minimum atomic E-state index is -0.441. The zero-order chi connectivity index (χ0) is 11.7. The van der Waals surface area contributed by atoms with Crippen molar-refractivity contribution in [3.63, 3.8) is 0 Å². The lowest BCUT2D eigenvalue weighted by Crippen LogP contribution is -2.00. The molecule has 3 rings (SSSR count).